The molecule has 1 amide bonds. The van der Waals surface area contributed by atoms with Crippen LogP contribution in [0.5, 0.6) is 17.2 Å². The van der Waals surface area contributed by atoms with Gasteiger partial charge in [0.1, 0.15) is 12.3 Å². The number of nitrogens with one attached hydrogen (secondary N) is 1. The van der Waals surface area contributed by atoms with Crippen LogP contribution in [-0.2, 0) is 17.5 Å². The van der Waals surface area contributed by atoms with Gasteiger partial charge in [-0.2, -0.15) is 13.2 Å². The molecule has 0 radical (unpaired) electrons. The van der Waals surface area contributed by atoms with Crippen molar-refractivity contribution in [2.75, 3.05) is 34.0 Å². The van der Waals surface area contributed by atoms with Gasteiger partial charge in [-0.3, -0.25) is 4.79 Å². The zero-order chi connectivity index (χ0) is 24.7. The molecule has 0 aliphatic carbocycles. The van der Waals surface area contributed by atoms with Crippen molar-refractivity contribution in [2.24, 2.45) is 0 Å². The Morgan fingerprint density at radius 3 is 2.41 bits per heavy atom. The van der Waals surface area contributed by atoms with Crippen molar-refractivity contribution in [1.82, 2.24) is 9.88 Å². The molecule has 1 aromatic heterocycles. The number of nitrogens with zero attached hydrogens (tertiary/aromatic N) is 1. The second kappa shape index (κ2) is 11.0. The van der Waals surface area contributed by atoms with Crippen LogP contribution in [0, 0.1) is 0 Å². The lowest BCUT2D eigenvalue weighted by Gasteiger charge is -2.14. The van der Waals surface area contributed by atoms with Crippen LogP contribution in [0.1, 0.15) is 11.3 Å². The van der Waals surface area contributed by atoms with E-state index < -0.39 is 17.8 Å². The first-order valence-electron chi connectivity index (χ1n) is 10.4. The lowest BCUT2D eigenvalue weighted by molar-refractivity contribution is -0.143. The maximum atomic E-state index is 13.4. The van der Waals surface area contributed by atoms with Gasteiger partial charge in [0.2, 0.25) is 11.7 Å². The van der Waals surface area contributed by atoms with Crippen molar-refractivity contribution >= 4 is 22.9 Å². The Kier molecular flexibility index (Phi) is 8.06. The molecule has 0 saturated heterocycles. The smallest absolute Gasteiger partial charge is 0.431 e. The molecule has 34 heavy (non-hydrogen) atoms. The van der Waals surface area contributed by atoms with E-state index in [0.29, 0.717) is 33.7 Å². The normalized spacial score (nSPS) is 11.7. The highest BCUT2D eigenvalue weighted by Crippen LogP contribution is 2.39. The van der Waals surface area contributed by atoms with Crippen molar-refractivity contribution < 1.29 is 37.3 Å². The number of methoxy groups -OCH3 is 2. The van der Waals surface area contributed by atoms with E-state index in [0.717, 1.165) is 10.6 Å². The lowest BCUT2D eigenvalue weighted by atomic mass is 10.1. The molecule has 182 valence electrons. The van der Waals surface area contributed by atoms with Gasteiger partial charge in [-0.05, 0) is 35.9 Å². The first-order valence-corrected chi connectivity index (χ1v) is 10.4. The zero-order valence-electron chi connectivity index (χ0n) is 18.7. The molecule has 1 heterocycles. The highest BCUT2D eigenvalue weighted by atomic mass is 19.4. The number of para-hydroxylation sites is 1. The number of alkyl halides is 3. The maximum Gasteiger partial charge on any atom is 0.431 e. The summed E-state index contributed by atoms with van der Waals surface area (Å²) in [5.74, 6) is 0.558. The largest absolute Gasteiger partial charge is 0.493 e. The summed E-state index contributed by atoms with van der Waals surface area (Å²) in [7, 11) is 2.89. The molecule has 0 fully saturated rings. The fraction of sp³-hybridized carbons (Fsp3) is 0.292. The molecule has 3 aromatic rings. The molecule has 0 aliphatic heterocycles. The number of amides is 1. The van der Waals surface area contributed by atoms with Crippen molar-refractivity contribution in [1.29, 1.82) is 0 Å². The quantitative estimate of drug-likeness (QED) is 0.433. The third kappa shape index (κ3) is 5.82. The summed E-state index contributed by atoms with van der Waals surface area (Å²) < 4.78 is 57.5. The standard InChI is InChI=1S/C24H25F3N2O5/c1-32-19-13-16(14-20(33-2)23(19)34-12-11-30)7-8-22(31)28-9-10-29-18-6-4-3-5-17(18)15-21(29)24(25,26)27/h3-8,13-15,30H,9-12H2,1-2H3,(H,28,31)/b8-7+. The number of rotatable bonds is 10. The molecule has 7 nitrogen and oxygen atoms in total. The third-order valence-electron chi connectivity index (χ3n) is 4.98. The zero-order valence-corrected chi connectivity index (χ0v) is 18.7. The van der Waals surface area contributed by atoms with E-state index in [4.69, 9.17) is 19.3 Å². The van der Waals surface area contributed by atoms with Gasteiger partial charge in [-0.25, -0.2) is 0 Å². The van der Waals surface area contributed by atoms with Crippen LogP contribution >= 0.6 is 0 Å². The van der Waals surface area contributed by atoms with E-state index in [9.17, 15) is 18.0 Å². The first kappa shape index (κ1) is 25.0. The maximum absolute atomic E-state index is 13.4. The van der Waals surface area contributed by atoms with Gasteiger partial charge in [0.25, 0.3) is 0 Å². The second-order valence-electron chi connectivity index (χ2n) is 7.19. The average Bonchev–Trinajstić information content (AvgIpc) is 3.20. The van der Waals surface area contributed by atoms with Crippen LogP contribution in [0.3, 0.4) is 0 Å². The predicted octanol–water partition coefficient (Wildman–Crippen LogP) is 3.88. The Morgan fingerprint density at radius 1 is 1.12 bits per heavy atom. The Hall–Kier alpha value is -3.66. The summed E-state index contributed by atoms with van der Waals surface area (Å²) in [6.07, 6.45) is -1.72. The molecule has 2 N–H and O–H groups in total. The Labute approximate surface area is 194 Å². The van der Waals surface area contributed by atoms with E-state index in [1.165, 1.54) is 26.4 Å². The summed E-state index contributed by atoms with van der Waals surface area (Å²) in [5.41, 5.74) is 0.263. The van der Waals surface area contributed by atoms with Crippen LogP contribution in [-0.4, -0.2) is 49.6 Å². The number of halogens is 3. The van der Waals surface area contributed by atoms with E-state index in [1.807, 2.05) is 0 Å². The topological polar surface area (TPSA) is 82.0 Å². The minimum absolute atomic E-state index is 0.00546. The summed E-state index contributed by atoms with van der Waals surface area (Å²) in [5, 5.41) is 12.1. The molecular formula is C24H25F3N2O5. The number of aliphatic hydroxyl groups is 1. The highest BCUT2D eigenvalue weighted by molar-refractivity contribution is 5.92. The summed E-state index contributed by atoms with van der Waals surface area (Å²) in [4.78, 5) is 12.3. The predicted molar refractivity (Wildman–Crippen MR) is 121 cm³/mol. The molecule has 0 unspecified atom stereocenters. The number of ether oxygens (including phenoxy) is 3. The van der Waals surface area contributed by atoms with E-state index in [-0.39, 0.29) is 26.3 Å². The Morgan fingerprint density at radius 2 is 1.79 bits per heavy atom. The third-order valence-corrected chi connectivity index (χ3v) is 4.98. The molecular weight excluding hydrogens is 453 g/mol. The number of carbonyl (C=O) groups excluding carboxylic acids is 1. The Balaban J connectivity index is 1.69. The van der Waals surface area contributed by atoms with Gasteiger partial charge in [0.05, 0.1) is 20.8 Å². The van der Waals surface area contributed by atoms with Crippen LogP contribution in [0.15, 0.2) is 48.5 Å². The van der Waals surface area contributed by atoms with Crippen LogP contribution in [0.25, 0.3) is 17.0 Å². The molecule has 0 aliphatic rings. The number of aromatic nitrogens is 1. The molecule has 0 saturated carbocycles. The molecule has 10 heteroatoms. The van der Waals surface area contributed by atoms with Crippen molar-refractivity contribution in [2.45, 2.75) is 12.7 Å². The fourth-order valence-corrected chi connectivity index (χ4v) is 3.49. The van der Waals surface area contributed by atoms with Gasteiger partial charge in [0.15, 0.2) is 11.5 Å². The molecule has 0 bridgehead atoms. The minimum atomic E-state index is -4.51. The van der Waals surface area contributed by atoms with Crippen molar-refractivity contribution in [3.8, 4) is 17.2 Å². The van der Waals surface area contributed by atoms with E-state index in [1.54, 1.807) is 36.4 Å². The van der Waals surface area contributed by atoms with Gasteiger partial charge >= 0.3 is 6.18 Å². The van der Waals surface area contributed by atoms with E-state index in [2.05, 4.69) is 5.32 Å². The summed E-state index contributed by atoms with van der Waals surface area (Å²) in [6.45, 7) is -0.166. The van der Waals surface area contributed by atoms with Crippen LogP contribution < -0.4 is 19.5 Å². The van der Waals surface area contributed by atoms with Crippen LogP contribution in [0.4, 0.5) is 13.2 Å². The van der Waals surface area contributed by atoms with Crippen molar-refractivity contribution in [3.05, 3.63) is 59.8 Å². The molecule has 2 aromatic carbocycles. The highest BCUT2D eigenvalue weighted by Gasteiger charge is 2.35. The number of aliphatic hydroxyl groups excluding tert-OH is 1. The minimum Gasteiger partial charge on any atom is -0.493 e. The number of benzene rings is 2. The van der Waals surface area contributed by atoms with Gasteiger partial charge in [-0.1, -0.05) is 18.2 Å². The number of hydrogen-bond acceptors (Lipinski definition) is 5. The monoisotopic (exact) mass is 478 g/mol. The summed E-state index contributed by atoms with van der Waals surface area (Å²) in [6, 6.07) is 10.9. The average molecular weight is 478 g/mol. The van der Waals surface area contributed by atoms with E-state index >= 15 is 0 Å². The Bertz CT molecular complexity index is 1150. The second-order valence-corrected chi connectivity index (χ2v) is 7.19. The number of hydrogen-bond donors (Lipinski definition) is 2. The fourth-order valence-electron chi connectivity index (χ4n) is 3.49. The molecule has 3 rings (SSSR count). The SMILES string of the molecule is COc1cc(/C=C/C(=O)NCCn2c(C(F)(F)F)cc3ccccc32)cc(OC)c1OCCO. The molecule has 0 spiro atoms. The number of carbonyl (C=O) groups is 1. The summed E-state index contributed by atoms with van der Waals surface area (Å²) >= 11 is 0. The first-order chi connectivity index (χ1) is 16.3. The number of fused-ring (bicyclic) bond motifs is 1. The van der Waals surface area contributed by atoms with Crippen LogP contribution in [0.2, 0.25) is 0 Å². The van der Waals surface area contributed by atoms with Gasteiger partial charge < -0.3 is 29.2 Å². The van der Waals surface area contributed by atoms with Gasteiger partial charge in [0, 0.05) is 30.1 Å². The lowest BCUT2D eigenvalue weighted by Crippen LogP contribution is -2.26. The molecule has 0 atom stereocenters. The van der Waals surface area contributed by atoms with Gasteiger partial charge in [-0.15, -0.1) is 0 Å². The van der Waals surface area contributed by atoms with Crippen molar-refractivity contribution in [3.63, 3.8) is 0 Å².